The first-order valence-electron chi connectivity index (χ1n) is 8.83. The number of benzene rings is 2. The van der Waals surface area contributed by atoms with E-state index < -0.39 is 10.0 Å². The summed E-state index contributed by atoms with van der Waals surface area (Å²) in [6.07, 6.45) is 7.43. The fraction of sp³-hybridized carbons (Fsp3) is 0.190. The molecule has 0 fully saturated rings. The minimum atomic E-state index is -3.57. The maximum absolute atomic E-state index is 12.6. The second-order valence-corrected chi connectivity index (χ2v) is 8.09. The summed E-state index contributed by atoms with van der Waals surface area (Å²) in [5, 5.41) is 5.00. The van der Waals surface area contributed by atoms with E-state index in [1.165, 1.54) is 0 Å². The minimum Gasteiger partial charge on any atom is -0.312 e. The molecule has 0 aliphatic carbocycles. The molecule has 0 aliphatic rings. The van der Waals surface area contributed by atoms with Crippen molar-refractivity contribution in [3.8, 4) is 0 Å². The molecule has 0 spiro atoms. The third-order valence-electron chi connectivity index (χ3n) is 4.10. The van der Waals surface area contributed by atoms with Crippen molar-refractivity contribution < 1.29 is 8.42 Å². The molecule has 29 heavy (non-hydrogen) atoms. The quantitative estimate of drug-likeness (QED) is 0.504. The lowest BCUT2D eigenvalue weighted by Crippen LogP contribution is -2.39. The number of nitrogens with zero attached hydrogens (tertiary/aromatic N) is 1. The van der Waals surface area contributed by atoms with Crippen molar-refractivity contribution in [1.82, 2.24) is 15.0 Å². The molecule has 3 aromatic rings. The predicted octanol–water partition coefficient (Wildman–Crippen LogP) is 4.05. The van der Waals surface area contributed by atoms with E-state index in [1.54, 1.807) is 36.7 Å². The first kappa shape index (κ1) is 25.1. The number of fused-ring (bicyclic) bond motifs is 1. The third kappa shape index (κ3) is 7.42. The van der Waals surface area contributed by atoms with Crippen LogP contribution in [0, 0.1) is 0 Å². The summed E-state index contributed by atoms with van der Waals surface area (Å²) in [6.45, 7) is 3.05. The molecule has 0 bridgehead atoms. The first-order valence-corrected chi connectivity index (χ1v) is 10.3. The highest BCUT2D eigenvalue weighted by atomic mass is 35.5. The van der Waals surface area contributed by atoms with Crippen LogP contribution in [-0.2, 0) is 10.0 Å². The second-order valence-electron chi connectivity index (χ2n) is 6.38. The Balaban J connectivity index is 0.00000210. The highest BCUT2D eigenvalue weighted by Gasteiger charge is 2.17. The standard InChI is InChI=1S/C21H23N3O2S.2ClH/c1-17(15-22-12-5-8-18-6-3-2-4-7-18)24-27(25,26)21-10-9-20-16-23-13-11-19(20)14-21;;/h2-11,13-14,16-17,22,24H,12,15H2,1H3;2*1H. The molecule has 0 aliphatic heterocycles. The van der Waals surface area contributed by atoms with E-state index in [0.29, 0.717) is 13.1 Å². The van der Waals surface area contributed by atoms with Crippen molar-refractivity contribution in [2.45, 2.75) is 17.9 Å². The topological polar surface area (TPSA) is 71.1 Å². The van der Waals surface area contributed by atoms with Gasteiger partial charge >= 0.3 is 0 Å². The molecular formula is C21H25Cl2N3O2S. The molecule has 0 amide bonds. The Morgan fingerprint density at radius 3 is 2.55 bits per heavy atom. The molecule has 2 N–H and O–H groups in total. The van der Waals surface area contributed by atoms with Gasteiger partial charge in [-0.2, -0.15) is 0 Å². The van der Waals surface area contributed by atoms with E-state index in [9.17, 15) is 8.42 Å². The van der Waals surface area contributed by atoms with Gasteiger partial charge in [-0.25, -0.2) is 13.1 Å². The summed E-state index contributed by atoms with van der Waals surface area (Å²) in [5.74, 6) is 0. The zero-order valence-corrected chi connectivity index (χ0v) is 18.4. The molecule has 156 valence electrons. The van der Waals surface area contributed by atoms with E-state index in [4.69, 9.17) is 0 Å². The molecule has 0 radical (unpaired) electrons. The van der Waals surface area contributed by atoms with Crippen molar-refractivity contribution in [3.05, 3.63) is 78.6 Å². The number of aromatic nitrogens is 1. The maximum Gasteiger partial charge on any atom is 0.240 e. The van der Waals surface area contributed by atoms with Crippen LogP contribution < -0.4 is 10.0 Å². The number of sulfonamides is 1. The molecule has 1 atom stereocenters. The van der Waals surface area contributed by atoms with Crippen LogP contribution in [0.5, 0.6) is 0 Å². The summed E-state index contributed by atoms with van der Waals surface area (Å²) in [7, 11) is -3.57. The number of hydrogen-bond donors (Lipinski definition) is 2. The number of hydrogen-bond acceptors (Lipinski definition) is 4. The average molecular weight is 454 g/mol. The Kier molecular flexibility index (Phi) is 10.3. The van der Waals surface area contributed by atoms with E-state index >= 15 is 0 Å². The van der Waals surface area contributed by atoms with Crippen molar-refractivity contribution in [3.63, 3.8) is 0 Å². The van der Waals surface area contributed by atoms with Gasteiger partial charge in [0.2, 0.25) is 10.0 Å². The van der Waals surface area contributed by atoms with E-state index in [0.717, 1.165) is 16.3 Å². The monoisotopic (exact) mass is 453 g/mol. The molecule has 3 rings (SSSR count). The molecule has 1 heterocycles. The second kappa shape index (κ2) is 11.9. The lowest BCUT2D eigenvalue weighted by atomic mass is 10.2. The molecule has 0 saturated heterocycles. The van der Waals surface area contributed by atoms with Crippen LogP contribution in [0.1, 0.15) is 12.5 Å². The van der Waals surface area contributed by atoms with Gasteiger partial charge in [0.15, 0.2) is 0 Å². The summed E-state index contributed by atoms with van der Waals surface area (Å²) < 4.78 is 27.9. The number of pyridine rings is 1. The lowest BCUT2D eigenvalue weighted by molar-refractivity contribution is 0.545. The van der Waals surface area contributed by atoms with Crippen LogP contribution in [-0.4, -0.2) is 32.5 Å². The molecular weight excluding hydrogens is 429 g/mol. The van der Waals surface area contributed by atoms with Gasteiger partial charge < -0.3 is 5.32 Å². The van der Waals surface area contributed by atoms with Gasteiger partial charge in [-0.3, -0.25) is 4.98 Å². The fourth-order valence-corrected chi connectivity index (χ4v) is 4.02. The zero-order chi connectivity index (χ0) is 19.1. The van der Waals surface area contributed by atoms with E-state index in [-0.39, 0.29) is 35.8 Å². The molecule has 1 unspecified atom stereocenters. The van der Waals surface area contributed by atoms with Crippen LogP contribution in [0.3, 0.4) is 0 Å². The molecule has 2 aromatic carbocycles. The van der Waals surface area contributed by atoms with Crippen LogP contribution in [0.2, 0.25) is 0 Å². The van der Waals surface area contributed by atoms with Gasteiger partial charge in [-0.1, -0.05) is 48.6 Å². The van der Waals surface area contributed by atoms with Crippen molar-refractivity contribution in [2.24, 2.45) is 0 Å². The van der Waals surface area contributed by atoms with E-state index in [1.807, 2.05) is 49.4 Å². The van der Waals surface area contributed by atoms with Gasteiger partial charge in [0.05, 0.1) is 4.90 Å². The normalized spacial score (nSPS) is 12.3. The van der Waals surface area contributed by atoms with Gasteiger partial charge in [-0.15, -0.1) is 24.8 Å². The Labute approximate surface area is 184 Å². The van der Waals surface area contributed by atoms with Crippen molar-refractivity contribution in [1.29, 1.82) is 0 Å². The smallest absolute Gasteiger partial charge is 0.240 e. The molecule has 8 heteroatoms. The number of rotatable bonds is 8. The summed E-state index contributed by atoms with van der Waals surface area (Å²) >= 11 is 0. The van der Waals surface area contributed by atoms with Crippen LogP contribution in [0.15, 0.2) is 78.0 Å². The third-order valence-corrected chi connectivity index (χ3v) is 5.69. The van der Waals surface area contributed by atoms with Crippen LogP contribution in [0.4, 0.5) is 0 Å². The van der Waals surface area contributed by atoms with Gasteiger partial charge in [-0.05, 0) is 36.1 Å². The van der Waals surface area contributed by atoms with Gasteiger partial charge in [0.25, 0.3) is 0 Å². The van der Waals surface area contributed by atoms with Gasteiger partial charge in [0, 0.05) is 36.9 Å². The SMILES string of the molecule is CC(CNCC=Cc1ccccc1)NS(=O)(=O)c1ccc2cnccc2c1.Cl.Cl. The molecule has 0 saturated carbocycles. The first-order chi connectivity index (χ1) is 13.0. The fourth-order valence-electron chi connectivity index (χ4n) is 2.75. The summed E-state index contributed by atoms with van der Waals surface area (Å²) in [5.41, 5.74) is 1.14. The Bertz CT molecular complexity index is 1030. The largest absolute Gasteiger partial charge is 0.312 e. The van der Waals surface area contributed by atoms with E-state index in [2.05, 4.69) is 15.0 Å². The maximum atomic E-state index is 12.6. The number of nitrogens with one attached hydrogen (secondary N) is 2. The Morgan fingerprint density at radius 1 is 1.03 bits per heavy atom. The van der Waals surface area contributed by atoms with Crippen molar-refractivity contribution >= 4 is 51.7 Å². The lowest BCUT2D eigenvalue weighted by Gasteiger charge is -2.15. The Hall–Kier alpha value is -1.96. The highest BCUT2D eigenvalue weighted by molar-refractivity contribution is 7.89. The zero-order valence-electron chi connectivity index (χ0n) is 16.0. The molecule has 1 aromatic heterocycles. The van der Waals surface area contributed by atoms with Crippen molar-refractivity contribution in [2.75, 3.05) is 13.1 Å². The highest BCUT2D eigenvalue weighted by Crippen LogP contribution is 2.18. The van der Waals surface area contributed by atoms with Gasteiger partial charge in [0.1, 0.15) is 0 Å². The Morgan fingerprint density at radius 2 is 1.79 bits per heavy atom. The summed E-state index contributed by atoms with van der Waals surface area (Å²) in [6, 6.07) is 16.7. The number of halogens is 2. The average Bonchev–Trinajstić information content (AvgIpc) is 2.68. The molecule has 5 nitrogen and oxygen atoms in total. The minimum absolute atomic E-state index is 0. The van der Waals surface area contributed by atoms with Crippen LogP contribution >= 0.6 is 24.8 Å². The predicted molar refractivity (Wildman–Crippen MR) is 124 cm³/mol. The summed E-state index contributed by atoms with van der Waals surface area (Å²) in [4.78, 5) is 4.30. The van der Waals surface area contributed by atoms with Crippen LogP contribution in [0.25, 0.3) is 16.8 Å².